The number of nitrogens with two attached hydrogens (primary N) is 1. The van der Waals surface area contributed by atoms with E-state index in [-0.39, 0.29) is 6.04 Å². The Morgan fingerprint density at radius 2 is 1.95 bits per heavy atom. The zero-order chi connectivity index (χ0) is 14.0. The molecule has 0 saturated heterocycles. The first-order valence-corrected chi connectivity index (χ1v) is 6.25. The van der Waals surface area contributed by atoms with Gasteiger partial charge in [-0.1, -0.05) is 11.6 Å². The zero-order valence-corrected chi connectivity index (χ0v) is 11.5. The van der Waals surface area contributed by atoms with Gasteiger partial charge in [-0.3, -0.25) is 4.57 Å². The number of anilines is 1. The molecule has 2 N–H and O–H groups in total. The van der Waals surface area contributed by atoms with Gasteiger partial charge in [0.2, 0.25) is 5.88 Å². The van der Waals surface area contributed by atoms with Gasteiger partial charge < -0.3 is 10.5 Å². The lowest BCUT2D eigenvalue weighted by molar-refractivity contribution is 0.412. The summed E-state index contributed by atoms with van der Waals surface area (Å²) in [5.74, 6) is 1.11. The third-order valence-corrected chi connectivity index (χ3v) is 2.93. The Kier molecular flexibility index (Phi) is 3.68. The fourth-order valence-electron chi connectivity index (χ4n) is 1.85. The minimum absolute atomic E-state index is 0.0780. The van der Waals surface area contributed by atoms with Gasteiger partial charge in [0, 0.05) is 17.1 Å². The molecule has 4 nitrogen and oxygen atoms in total. The van der Waals surface area contributed by atoms with Crippen molar-refractivity contribution in [1.29, 1.82) is 5.26 Å². The molecule has 0 fully saturated rings. The van der Waals surface area contributed by atoms with E-state index in [1.807, 2.05) is 13.8 Å². The van der Waals surface area contributed by atoms with E-state index in [1.54, 1.807) is 34.9 Å². The molecule has 19 heavy (non-hydrogen) atoms. The SMILES string of the molecule is CC(C)n1c(C#N)cc(N)c1Oc1ccc(Cl)cc1. The fraction of sp³-hybridized carbons (Fsp3) is 0.214. The lowest BCUT2D eigenvalue weighted by Crippen LogP contribution is -2.05. The Hall–Kier alpha value is -2.12. The van der Waals surface area contributed by atoms with Crippen LogP contribution >= 0.6 is 11.6 Å². The summed E-state index contributed by atoms with van der Waals surface area (Å²) in [4.78, 5) is 0. The summed E-state index contributed by atoms with van der Waals surface area (Å²) in [5, 5.41) is 9.74. The van der Waals surface area contributed by atoms with Crippen molar-refractivity contribution in [3.8, 4) is 17.7 Å². The smallest absolute Gasteiger partial charge is 0.224 e. The number of hydrogen-bond donors (Lipinski definition) is 1. The van der Waals surface area contributed by atoms with Crippen LogP contribution in [-0.4, -0.2) is 4.57 Å². The second kappa shape index (κ2) is 5.25. The van der Waals surface area contributed by atoms with Gasteiger partial charge in [-0.05, 0) is 38.1 Å². The van der Waals surface area contributed by atoms with Crippen LogP contribution < -0.4 is 10.5 Å². The van der Waals surface area contributed by atoms with Gasteiger partial charge >= 0.3 is 0 Å². The summed E-state index contributed by atoms with van der Waals surface area (Å²) < 4.78 is 7.54. The molecule has 0 bridgehead atoms. The minimum atomic E-state index is 0.0780. The van der Waals surface area contributed by atoms with Crippen molar-refractivity contribution in [3.05, 3.63) is 41.0 Å². The highest BCUT2D eigenvalue weighted by Crippen LogP contribution is 2.34. The second-order valence-corrected chi connectivity index (χ2v) is 4.86. The molecule has 0 atom stereocenters. The van der Waals surface area contributed by atoms with Crippen LogP contribution in [0.15, 0.2) is 30.3 Å². The summed E-state index contributed by atoms with van der Waals surface area (Å²) in [5.41, 5.74) is 6.84. The molecule has 0 spiro atoms. The average Bonchev–Trinajstić information content (AvgIpc) is 2.69. The van der Waals surface area contributed by atoms with Crippen molar-refractivity contribution in [2.75, 3.05) is 5.73 Å². The second-order valence-electron chi connectivity index (χ2n) is 4.42. The van der Waals surface area contributed by atoms with E-state index in [9.17, 15) is 0 Å². The number of nitriles is 1. The largest absolute Gasteiger partial charge is 0.439 e. The lowest BCUT2D eigenvalue weighted by atomic mass is 10.3. The molecule has 2 aromatic rings. The standard InChI is InChI=1S/C14H14ClN3O/c1-9(2)18-11(8-16)7-13(17)14(18)19-12-5-3-10(15)4-6-12/h3-7,9H,17H2,1-2H3. The Morgan fingerprint density at radius 1 is 1.32 bits per heavy atom. The molecule has 0 saturated carbocycles. The zero-order valence-electron chi connectivity index (χ0n) is 10.7. The fourth-order valence-corrected chi connectivity index (χ4v) is 1.97. The van der Waals surface area contributed by atoms with Crippen LogP contribution in [0.3, 0.4) is 0 Å². The molecule has 1 heterocycles. The average molecular weight is 276 g/mol. The molecular formula is C14H14ClN3O. The van der Waals surface area contributed by atoms with E-state index in [0.29, 0.717) is 28.0 Å². The molecule has 1 aromatic heterocycles. The van der Waals surface area contributed by atoms with E-state index in [0.717, 1.165) is 0 Å². The number of aromatic nitrogens is 1. The number of benzene rings is 1. The molecule has 0 radical (unpaired) electrons. The quantitative estimate of drug-likeness (QED) is 0.922. The molecule has 0 amide bonds. The van der Waals surface area contributed by atoms with Crippen molar-refractivity contribution in [3.63, 3.8) is 0 Å². The van der Waals surface area contributed by atoms with Crippen LogP contribution in [0.2, 0.25) is 5.02 Å². The molecule has 5 heteroatoms. The van der Waals surface area contributed by atoms with E-state index >= 15 is 0 Å². The minimum Gasteiger partial charge on any atom is -0.439 e. The van der Waals surface area contributed by atoms with Gasteiger partial charge in [0.15, 0.2) is 0 Å². The van der Waals surface area contributed by atoms with Crippen molar-refractivity contribution >= 4 is 17.3 Å². The maximum Gasteiger partial charge on any atom is 0.224 e. The molecule has 2 rings (SSSR count). The number of ether oxygens (including phenoxy) is 1. The van der Waals surface area contributed by atoms with E-state index < -0.39 is 0 Å². The molecule has 0 aliphatic heterocycles. The summed E-state index contributed by atoms with van der Waals surface area (Å²) in [6, 6.07) is 10.8. The van der Waals surface area contributed by atoms with Gasteiger partial charge in [0.25, 0.3) is 0 Å². The third-order valence-electron chi connectivity index (χ3n) is 2.68. The molecule has 0 unspecified atom stereocenters. The number of hydrogen-bond acceptors (Lipinski definition) is 3. The Balaban J connectivity index is 2.42. The van der Waals surface area contributed by atoms with Crippen LogP contribution in [0.25, 0.3) is 0 Å². The van der Waals surface area contributed by atoms with Gasteiger partial charge in [0.05, 0.1) is 5.69 Å². The first kappa shape index (κ1) is 13.3. The van der Waals surface area contributed by atoms with Crippen LogP contribution in [0.5, 0.6) is 11.6 Å². The van der Waals surface area contributed by atoms with Crippen molar-refractivity contribution in [2.45, 2.75) is 19.9 Å². The number of halogens is 1. The highest BCUT2D eigenvalue weighted by Gasteiger charge is 2.17. The van der Waals surface area contributed by atoms with Gasteiger partial charge in [0.1, 0.15) is 17.5 Å². The van der Waals surface area contributed by atoms with Crippen molar-refractivity contribution < 1.29 is 4.74 Å². The number of rotatable bonds is 3. The first-order valence-electron chi connectivity index (χ1n) is 5.87. The van der Waals surface area contributed by atoms with Crippen molar-refractivity contribution in [1.82, 2.24) is 4.57 Å². The monoisotopic (exact) mass is 275 g/mol. The number of nitrogens with zero attached hydrogens (tertiary/aromatic N) is 2. The molecule has 0 aliphatic rings. The highest BCUT2D eigenvalue weighted by molar-refractivity contribution is 6.30. The number of nitrogen functional groups attached to an aromatic ring is 1. The summed E-state index contributed by atoms with van der Waals surface area (Å²) in [6.07, 6.45) is 0. The predicted molar refractivity (Wildman–Crippen MR) is 75.5 cm³/mol. The molecule has 0 aliphatic carbocycles. The highest BCUT2D eigenvalue weighted by atomic mass is 35.5. The Labute approximate surface area is 117 Å². The molecular weight excluding hydrogens is 262 g/mol. The van der Waals surface area contributed by atoms with Crippen LogP contribution in [0, 0.1) is 11.3 Å². The Morgan fingerprint density at radius 3 is 2.47 bits per heavy atom. The van der Waals surface area contributed by atoms with Crippen LogP contribution in [0.4, 0.5) is 5.69 Å². The summed E-state index contributed by atoms with van der Waals surface area (Å²) in [7, 11) is 0. The predicted octanol–water partition coefficient (Wildman–Crippen LogP) is 3.97. The first-order chi connectivity index (χ1) is 9.02. The third kappa shape index (κ3) is 2.67. The molecule has 1 aromatic carbocycles. The topological polar surface area (TPSA) is 64.0 Å². The van der Waals surface area contributed by atoms with Crippen LogP contribution in [-0.2, 0) is 0 Å². The summed E-state index contributed by atoms with van der Waals surface area (Å²) >= 11 is 5.83. The van der Waals surface area contributed by atoms with Gasteiger partial charge in [-0.2, -0.15) is 5.26 Å². The maximum atomic E-state index is 9.11. The van der Waals surface area contributed by atoms with E-state index in [2.05, 4.69) is 6.07 Å². The van der Waals surface area contributed by atoms with Crippen LogP contribution in [0.1, 0.15) is 25.6 Å². The van der Waals surface area contributed by atoms with E-state index in [1.165, 1.54) is 0 Å². The van der Waals surface area contributed by atoms with Gasteiger partial charge in [-0.15, -0.1) is 0 Å². The van der Waals surface area contributed by atoms with Crippen molar-refractivity contribution in [2.24, 2.45) is 0 Å². The Bertz CT molecular complexity index is 623. The normalized spacial score (nSPS) is 10.5. The van der Waals surface area contributed by atoms with Gasteiger partial charge in [-0.25, -0.2) is 0 Å². The summed E-state index contributed by atoms with van der Waals surface area (Å²) in [6.45, 7) is 3.93. The lowest BCUT2D eigenvalue weighted by Gasteiger charge is -2.15. The maximum absolute atomic E-state index is 9.11. The molecule has 98 valence electrons. The van der Waals surface area contributed by atoms with E-state index in [4.69, 9.17) is 27.3 Å².